The zero-order valence-corrected chi connectivity index (χ0v) is 20.5. The molecule has 1 N–H and O–H groups in total. The average molecular weight is 476 g/mol. The molecular formula is C28H29NO6. The standard InChI is InChI=1S/C28H29NO6/c1-31-22-14-12-20(11-10-19-16-25(33-3)28(35-5)26(17-19)34-4)23(18-22)29-27(30)15-13-21-8-6-7-9-24(21)32-2/h6-18H,1-5H3,(H,29,30)/b11-10+,15-13+. The maximum absolute atomic E-state index is 12.7. The van der Waals surface area contributed by atoms with Gasteiger partial charge in [0.25, 0.3) is 0 Å². The second-order valence-electron chi connectivity index (χ2n) is 7.31. The number of rotatable bonds is 10. The molecule has 7 heteroatoms. The Hall–Kier alpha value is -4.39. The molecule has 0 radical (unpaired) electrons. The minimum atomic E-state index is -0.286. The molecule has 0 saturated carbocycles. The highest BCUT2D eigenvalue weighted by Crippen LogP contribution is 2.38. The smallest absolute Gasteiger partial charge is 0.248 e. The number of para-hydroxylation sites is 1. The van der Waals surface area contributed by atoms with Gasteiger partial charge >= 0.3 is 0 Å². The Morgan fingerprint density at radius 3 is 2.00 bits per heavy atom. The lowest BCUT2D eigenvalue weighted by atomic mass is 10.1. The van der Waals surface area contributed by atoms with Crippen LogP contribution in [0.25, 0.3) is 18.2 Å². The molecule has 0 atom stereocenters. The summed E-state index contributed by atoms with van der Waals surface area (Å²) < 4.78 is 26.9. The molecule has 0 fully saturated rings. The van der Waals surface area contributed by atoms with Gasteiger partial charge in [-0.05, 0) is 47.5 Å². The van der Waals surface area contributed by atoms with Crippen LogP contribution < -0.4 is 29.0 Å². The van der Waals surface area contributed by atoms with Crippen LogP contribution in [0.4, 0.5) is 5.69 Å². The summed E-state index contributed by atoms with van der Waals surface area (Å²) in [7, 11) is 7.87. The van der Waals surface area contributed by atoms with Gasteiger partial charge in [0.05, 0.1) is 41.2 Å². The van der Waals surface area contributed by atoms with Gasteiger partial charge in [-0.3, -0.25) is 4.79 Å². The molecule has 0 aliphatic rings. The van der Waals surface area contributed by atoms with Gasteiger partial charge in [0.15, 0.2) is 11.5 Å². The van der Waals surface area contributed by atoms with E-state index in [9.17, 15) is 4.79 Å². The van der Waals surface area contributed by atoms with Crippen molar-refractivity contribution in [2.45, 2.75) is 0 Å². The Morgan fingerprint density at radius 1 is 0.686 bits per heavy atom. The van der Waals surface area contributed by atoms with E-state index >= 15 is 0 Å². The van der Waals surface area contributed by atoms with Crippen LogP contribution in [-0.2, 0) is 4.79 Å². The normalized spacial score (nSPS) is 10.9. The van der Waals surface area contributed by atoms with E-state index in [-0.39, 0.29) is 5.91 Å². The van der Waals surface area contributed by atoms with E-state index in [0.717, 1.165) is 16.7 Å². The number of benzene rings is 3. The summed E-state index contributed by atoms with van der Waals surface area (Å²) in [5.74, 6) is 2.65. The first kappa shape index (κ1) is 25.2. The quantitative estimate of drug-likeness (QED) is 0.306. The monoisotopic (exact) mass is 475 g/mol. The lowest BCUT2D eigenvalue weighted by molar-refractivity contribution is -0.111. The lowest BCUT2D eigenvalue weighted by Gasteiger charge is -2.13. The van der Waals surface area contributed by atoms with E-state index in [1.807, 2.05) is 60.7 Å². The van der Waals surface area contributed by atoms with Crippen molar-refractivity contribution in [2.75, 3.05) is 40.9 Å². The summed E-state index contributed by atoms with van der Waals surface area (Å²) in [6.45, 7) is 0. The summed E-state index contributed by atoms with van der Waals surface area (Å²) in [5.41, 5.74) is 3.03. The van der Waals surface area contributed by atoms with E-state index < -0.39 is 0 Å². The molecule has 0 heterocycles. The van der Waals surface area contributed by atoms with Crippen LogP contribution in [0, 0.1) is 0 Å². The zero-order valence-electron chi connectivity index (χ0n) is 20.5. The Morgan fingerprint density at radius 2 is 1.37 bits per heavy atom. The molecule has 7 nitrogen and oxygen atoms in total. The number of ether oxygens (including phenoxy) is 5. The van der Waals surface area contributed by atoms with Gasteiger partial charge in [0, 0.05) is 17.7 Å². The van der Waals surface area contributed by atoms with Crippen LogP contribution in [0.1, 0.15) is 16.7 Å². The molecule has 0 spiro atoms. The van der Waals surface area contributed by atoms with Crippen molar-refractivity contribution in [1.82, 2.24) is 0 Å². The SMILES string of the molecule is COc1ccc(/C=C/c2cc(OC)c(OC)c(OC)c2)c(NC(=O)/C=C/c2ccccc2OC)c1. The summed E-state index contributed by atoms with van der Waals surface area (Å²) in [5, 5.41) is 2.93. The summed E-state index contributed by atoms with van der Waals surface area (Å²) in [6.07, 6.45) is 6.95. The minimum absolute atomic E-state index is 0.286. The predicted molar refractivity (Wildman–Crippen MR) is 139 cm³/mol. The van der Waals surface area contributed by atoms with Crippen LogP contribution in [0.2, 0.25) is 0 Å². The zero-order chi connectivity index (χ0) is 25.2. The van der Waals surface area contributed by atoms with Crippen LogP contribution in [0.3, 0.4) is 0 Å². The molecule has 0 bridgehead atoms. The van der Waals surface area contributed by atoms with Crippen LogP contribution >= 0.6 is 0 Å². The first-order valence-corrected chi connectivity index (χ1v) is 10.8. The van der Waals surface area contributed by atoms with Crippen molar-refractivity contribution in [3.05, 3.63) is 77.4 Å². The molecule has 0 aromatic heterocycles. The van der Waals surface area contributed by atoms with Crippen molar-refractivity contribution in [3.63, 3.8) is 0 Å². The van der Waals surface area contributed by atoms with Gasteiger partial charge in [-0.25, -0.2) is 0 Å². The molecular weight excluding hydrogens is 446 g/mol. The highest BCUT2D eigenvalue weighted by atomic mass is 16.5. The summed E-state index contributed by atoms with van der Waals surface area (Å²) in [6, 6.07) is 16.6. The highest BCUT2D eigenvalue weighted by molar-refractivity contribution is 6.03. The first-order valence-electron chi connectivity index (χ1n) is 10.8. The van der Waals surface area contributed by atoms with Crippen molar-refractivity contribution >= 4 is 29.8 Å². The van der Waals surface area contributed by atoms with Crippen molar-refractivity contribution in [3.8, 4) is 28.7 Å². The summed E-state index contributed by atoms with van der Waals surface area (Å²) in [4.78, 5) is 12.7. The molecule has 0 saturated heterocycles. The summed E-state index contributed by atoms with van der Waals surface area (Å²) >= 11 is 0. The van der Waals surface area contributed by atoms with E-state index in [4.69, 9.17) is 23.7 Å². The number of carbonyl (C=O) groups excluding carboxylic acids is 1. The fraction of sp³-hybridized carbons (Fsp3) is 0.179. The van der Waals surface area contributed by atoms with Crippen molar-refractivity contribution in [1.29, 1.82) is 0 Å². The van der Waals surface area contributed by atoms with Gasteiger partial charge in [0.1, 0.15) is 11.5 Å². The Labute approximate surface area is 205 Å². The fourth-order valence-electron chi connectivity index (χ4n) is 3.44. The number of hydrogen-bond acceptors (Lipinski definition) is 6. The molecule has 0 aliphatic carbocycles. The van der Waals surface area contributed by atoms with Gasteiger partial charge in [-0.1, -0.05) is 30.4 Å². The number of anilines is 1. The first-order chi connectivity index (χ1) is 17.0. The van der Waals surface area contributed by atoms with Crippen molar-refractivity contribution < 1.29 is 28.5 Å². The maximum Gasteiger partial charge on any atom is 0.248 e. The third-order valence-corrected chi connectivity index (χ3v) is 5.21. The maximum atomic E-state index is 12.7. The third-order valence-electron chi connectivity index (χ3n) is 5.21. The van der Waals surface area contributed by atoms with E-state index in [0.29, 0.717) is 34.4 Å². The second-order valence-corrected chi connectivity index (χ2v) is 7.31. The van der Waals surface area contributed by atoms with Gasteiger partial charge in [-0.2, -0.15) is 0 Å². The van der Waals surface area contributed by atoms with E-state index in [1.54, 1.807) is 47.7 Å². The Bertz CT molecular complexity index is 1210. The Kier molecular flexibility index (Phi) is 8.78. The van der Waals surface area contributed by atoms with Crippen LogP contribution in [-0.4, -0.2) is 41.5 Å². The predicted octanol–water partition coefficient (Wildman–Crippen LogP) is 5.55. The number of amides is 1. The minimum Gasteiger partial charge on any atom is -0.497 e. The van der Waals surface area contributed by atoms with Crippen LogP contribution in [0.5, 0.6) is 28.7 Å². The number of methoxy groups -OCH3 is 5. The highest BCUT2D eigenvalue weighted by Gasteiger charge is 2.12. The van der Waals surface area contributed by atoms with Crippen LogP contribution in [0.15, 0.2) is 60.7 Å². The van der Waals surface area contributed by atoms with Gasteiger partial charge in [-0.15, -0.1) is 0 Å². The van der Waals surface area contributed by atoms with E-state index in [1.165, 1.54) is 6.08 Å². The van der Waals surface area contributed by atoms with Gasteiger partial charge < -0.3 is 29.0 Å². The molecule has 1 amide bonds. The number of carbonyl (C=O) groups is 1. The van der Waals surface area contributed by atoms with Crippen molar-refractivity contribution in [2.24, 2.45) is 0 Å². The number of hydrogen-bond donors (Lipinski definition) is 1. The molecule has 182 valence electrons. The second kappa shape index (κ2) is 12.2. The molecule has 0 unspecified atom stereocenters. The third kappa shape index (κ3) is 6.35. The molecule has 35 heavy (non-hydrogen) atoms. The van der Waals surface area contributed by atoms with E-state index in [2.05, 4.69) is 5.32 Å². The number of nitrogens with one attached hydrogen (secondary N) is 1. The fourth-order valence-corrected chi connectivity index (χ4v) is 3.44. The average Bonchev–Trinajstić information content (AvgIpc) is 2.90. The molecule has 3 aromatic carbocycles. The Balaban J connectivity index is 1.88. The van der Waals surface area contributed by atoms with Gasteiger partial charge in [0.2, 0.25) is 11.7 Å². The molecule has 3 aromatic rings. The largest absolute Gasteiger partial charge is 0.497 e. The molecule has 3 rings (SSSR count). The molecule has 0 aliphatic heterocycles. The topological polar surface area (TPSA) is 75.3 Å². The lowest BCUT2D eigenvalue weighted by Crippen LogP contribution is -2.09.